The van der Waals surface area contributed by atoms with Crippen LogP contribution >= 0.6 is 0 Å². The van der Waals surface area contributed by atoms with Gasteiger partial charge >= 0.3 is 0 Å². The lowest BCUT2D eigenvalue weighted by Crippen LogP contribution is -2.62. The van der Waals surface area contributed by atoms with E-state index in [0.717, 1.165) is 25.7 Å². The second-order valence-corrected chi connectivity index (χ2v) is 10.2. The van der Waals surface area contributed by atoms with E-state index in [2.05, 4.69) is 22.0 Å². The van der Waals surface area contributed by atoms with E-state index >= 15 is 0 Å². The van der Waals surface area contributed by atoms with Gasteiger partial charge in [0.25, 0.3) is 5.91 Å². The number of hydrogen-bond donors (Lipinski definition) is 3. The molecule has 8 nitrogen and oxygen atoms in total. The van der Waals surface area contributed by atoms with E-state index in [0.29, 0.717) is 49.5 Å². The van der Waals surface area contributed by atoms with Crippen LogP contribution in [0.4, 0.5) is 5.69 Å². The lowest BCUT2D eigenvalue weighted by atomic mass is 9.82. The molecule has 3 amide bonds. The van der Waals surface area contributed by atoms with Crippen LogP contribution in [-0.4, -0.2) is 53.3 Å². The molecule has 1 aromatic rings. The first-order valence-electron chi connectivity index (χ1n) is 12.9. The molecule has 1 unspecified atom stereocenters. The second-order valence-electron chi connectivity index (χ2n) is 10.2. The molecule has 1 aliphatic heterocycles. The van der Waals surface area contributed by atoms with Crippen LogP contribution in [0.1, 0.15) is 82.5 Å². The van der Waals surface area contributed by atoms with Crippen LogP contribution < -0.4 is 16.0 Å². The molecule has 3 N–H and O–H groups in total. The molecule has 1 aliphatic carbocycles. The van der Waals surface area contributed by atoms with Crippen molar-refractivity contribution in [2.45, 2.75) is 89.8 Å². The molecule has 1 saturated heterocycles. The Kier molecular flexibility index (Phi) is 9.27. The summed E-state index contributed by atoms with van der Waals surface area (Å²) < 4.78 is 0. The van der Waals surface area contributed by atoms with Gasteiger partial charge in [0.1, 0.15) is 11.6 Å². The van der Waals surface area contributed by atoms with Gasteiger partial charge < -0.3 is 20.9 Å². The van der Waals surface area contributed by atoms with E-state index in [4.69, 9.17) is 0 Å². The number of nitrogens with one attached hydrogen (secondary N) is 3. The van der Waals surface area contributed by atoms with Crippen molar-refractivity contribution >= 4 is 23.4 Å². The number of nitrogens with zero attached hydrogens (tertiary/aromatic N) is 2. The predicted molar refractivity (Wildman–Crippen MR) is 136 cm³/mol. The fourth-order valence-corrected chi connectivity index (χ4v) is 5.50. The van der Waals surface area contributed by atoms with Crippen LogP contribution in [-0.2, 0) is 9.59 Å². The van der Waals surface area contributed by atoms with Gasteiger partial charge in [0.05, 0.1) is 6.07 Å². The molecule has 0 spiro atoms. The summed E-state index contributed by atoms with van der Waals surface area (Å²) in [6.07, 6.45) is 7.34. The molecule has 0 aromatic heterocycles. The lowest BCUT2D eigenvalue weighted by molar-refractivity contribution is -0.141. The molecular weight excluding hydrogens is 442 g/mol. The van der Waals surface area contributed by atoms with E-state index in [1.54, 1.807) is 29.2 Å². The molecule has 0 radical (unpaired) electrons. The Labute approximate surface area is 208 Å². The topological polar surface area (TPSA) is 114 Å². The smallest absolute Gasteiger partial charge is 0.251 e. The van der Waals surface area contributed by atoms with Crippen LogP contribution in [0.15, 0.2) is 24.3 Å². The van der Waals surface area contributed by atoms with Crippen molar-refractivity contribution in [2.75, 3.05) is 18.4 Å². The fourth-order valence-electron chi connectivity index (χ4n) is 5.50. The van der Waals surface area contributed by atoms with Gasteiger partial charge in [-0.05, 0) is 76.4 Å². The van der Waals surface area contributed by atoms with Crippen molar-refractivity contribution in [2.24, 2.45) is 5.92 Å². The molecule has 35 heavy (non-hydrogen) atoms. The average Bonchev–Trinajstić information content (AvgIpc) is 2.84. The van der Waals surface area contributed by atoms with Crippen molar-refractivity contribution in [1.82, 2.24) is 15.5 Å². The molecule has 2 fully saturated rings. The van der Waals surface area contributed by atoms with E-state index in [-0.39, 0.29) is 23.8 Å². The van der Waals surface area contributed by atoms with Gasteiger partial charge in [-0.2, -0.15) is 5.26 Å². The van der Waals surface area contributed by atoms with Crippen LogP contribution in [0.5, 0.6) is 0 Å². The monoisotopic (exact) mass is 481 g/mol. The van der Waals surface area contributed by atoms with Gasteiger partial charge in [-0.15, -0.1) is 0 Å². The van der Waals surface area contributed by atoms with E-state index in [1.165, 1.54) is 13.3 Å². The lowest BCUT2D eigenvalue weighted by Gasteiger charge is -2.45. The minimum absolute atomic E-state index is 0.164. The molecule has 1 aromatic carbocycles. The Morgan fingerprint density at radius 1 is 1.11 bits per heavy atom. The Bertz CT molecular complexity index is 925. The maximum absolute atomic E-state index is 14.1. The van der Waals surface area contributed by atoms with E-state index in [1.807, 2.05) is 13.8 Å². The zero-order valence-corrected chi connectivity index (χ0v) is 21.2. The van der Waals surface area contributed by atoms with Gasteiger partial charge in [0.2, 0.25) is 11.8 Å². The summed E-state index contributed by atoms with van der Waals surface area (Å²) in [7, 11) is 0. The Morgan fingerprint density at radius 2 is 1.74 bits per heavy atom. The first-order chi connectivity index (χ1) is 16.8. The number of amides is 3. The third-order valence-electron chi connectivity index (χ3n) is 7.22. The van der Waals surface area contributed by atoms with Crippen LogP contribution in [0, 0.1) is 17.2 Å². The Balaban J connectivity index is 1.84. The van der Waals surface area contributed by atoms with Crippen molar-refractivity contribution in [1.29, 1.82) is 5.26 Å². The van der Waals surface area contributed by atoms with Crippen molar-refractivity contribution in [3.63, 3.8) is 0 Å². The highest BCUT2D eigenvalue weighted by Gasteiger charge is 2.45. The maximum atomic E-state index is 14.1. The van der Waals surface area contributed by atoms with Gasteiger partial charge in [-0.1, -0.05) is 32.1 Å². The molecule has 0 bridgehead atoms. The summed E-state index contributed by atoms with van der Waals surface area (Å²) in [4.78, 5) is 40.3. The summed E-state index contributed by atoms with van der Waals surface area (Å²) in [5.74, 6) is -0.301. The van der Waals surface area contributed by atoms with Gasteiger partial charge in [0.15, 0.2) is 0 Å². The summed E-state index contributed by atoms with van der Waals surface area (Å²) in [5.41, 5.74) is 0.164. The van der Waals surface area contributed by atoms with Gasteiger partial charge in [0, 0.05) is 24.2 Å². The number of benzene rings is 1. The highest BCUT2D eigenvalue weighted by atomic mass is 16.2. The largest absolute Gasteiger partial charge is 0.340 e. The normalized spacial score (nSPS) is 18.8. The SMILES string of the molecule is CC(=O)Nc1ccc(C(=O)NC(CC2CCCCC2)C(=O)N(C(C)C)C2(C#N)CCNCC2)cc1. The fraction of sp³-hybridized carbons (Fsp3) is 0.630. The first-order valence-corrected chi connectivity index (χ1v) is 12.9. The van der Waals surface area contributed by atoms with Gasteiger partial charge in [-0.3, -0.25) is 14.4 Å². The van der Waals surface area contributed by atoms with Crippen molar-refractivity contribution in [3.8, 4) is 6.07 Å². The van der Waals surface area contributed by atoms with E-state index < -0.39 is 11.6 Å². The average molecular weight is 482 g/mol. The molecule has 1 atom stereocenters. The van der Waals surface area contributed by atoms with Gasteiger partial charge in [-0.25, -0.2) is 0 Å². The predicted octanol–water partition coefficient (Wildman–Crippen LogP) is 3.60. The highest BCUT2D eigenvalue weighted by Crippen LogP contribution is 2.32. The third-order valence-corrected chi connectivity index (χ3v) is 7.22. The first kappa shape index (κ1) is 26.7. The molecule has 3 rings (SSSR count). The van der Waals surface area contributed by atoms with Crippen molar-refractivity contribution in [3.05, 3.63) is 29.8 Å². The number of rotatable bonds is 8. The molecule has 1 heterocycles. The number of anilines is 1. The minimum Gasteiger partial charge on any atom is -0.340 e. The summed E-state index contributed by atoms with van der Waals surface area (Å²) >= 11 is 0. The molecule has 1 saturated carbocycles. The number of carbonyl (C=O) groups excluding carboxylic acids is 3. The van der Waals surface area contributed by atoms with E-state index in [9.17, 15) is 19.6 Å². The summed E-state index contributed by atoms with van der Waals surface area (Å²) in [5, 5.41) is 19.2. The second kappa shape index (κ2) is 12.2. The number of carbonyl (C=O) groups is 3. The molecule has 2 aliphatic rings. The number of nitriles is 1. The molecule has 190 valence electrons. The highest BCUT2D eigenvalue weighted by molar-refractivity contribution is 5.98. The number of piperidine rings is 1. The summed E-state index contributed by atoms with van der Waals surface area (Å²) in [6.45, 7) is 6.69. The standard InChI is InChI=1S/C27H39N5O3/c1-19(2)32(27(18-28)13-15-29-16-14-27)26(35)24(17-21-7-5-4-6-8-21)31-25(34)22-9-11-23(12-10-22)30-20(3)33/h9-12,19,21,24,29H,4-8,13-17H2,1-3H3,(H,30,33)(H,31,34). The van der Waals surface area contributed by atoms with Crippen molar-refractivity contribution < 1.29 is 14.4 Å². The molecular formula is C27H39N5O3. The minimum atomic E-state index is -0.869. The zero-order valence-electron chi connectivity index (χ0n) is 21.2. The molecule has 8 heteroatoms. The zero-order chi connectivity index (χ0) is 25.4. The van der Waals surface area contributed by atoms with Crippen LogP contribution in [0.25, 0.3) is 0 Å². The third kappa shape index (κ3) is 6.82. The summed E-state index contributed by atoms with van der Waals surface area (Å²) in [6, 6.07) is 8.25. The quantitative estimate of drug-likeness (QED) is 0.525. The Morgan fingerprint density at radius 3 is 2.29 bits per heavy atom. The maximum Gasteiger partial charge on any atom is 0.251 e. The number of hydrogen-bond acceptors (Lipinski definition) is 5. The Hall–Kier alpha value is -2.92. The van der Waals surface area contributed by atoms with Crippen LogP contribution in [0.3, 0.4) is 0 Å². The van der Waals surface area contributed by atoms with Crippen LogP contribution in [0.2, 0.25) is 0 Å².